The fourth-order valence-corrected chi connectivity index (χ4v) is 1.17. The normalized spacial score (nSPS) is 11.1. The molecule has 2 heteroatoms. The first-order valence-electron chi connectivity index (χ1n) is 3.61. The Hall–Kier alpha value is -1.23. The van der Waals surface area contributed by atoms with Crippen molar-refractivity contribution in [1.82, 2.24) is 4.57 Å². The second kappa shape index (κ2) is 2.43. The van der Waals surface area contributed by atoms with E-state index in [2.05, 4.69) is 6.07 Å². The fourth-order valence-electron chi connectivity index (χ4n) is 1.17. The number of rotatable bonds is 1. The standard InChI is InChI=1S/C9H12N2/c1-9(2,7-10)8-5-4-6-11(8)3/h4-6H,1-3H3. The van der Waals surface area contributed by atoms with Gasteiger partial charge in [0.15, 0.2) is 0 Å². The van der Waals surface area contributed by atoms with Gasteiger partial charge in [0.05, 0.1) is 11.5 Å². The van der Waals surface area contributed by atoms with Gasteiger partial charge in [-0.25, -0.2) is 0 Å². The van der Waals surface area contributed by atoms with Gasteiger partial charge in [0.25, 0.3) is 0 Å². The summed E-state index contributed by atoms with van der Waals surface area (Å²) in [4.78, 5) is 0. The number of aryl methyl sites for hydroxylation is 1. The van der Waals surface area contributed by atoms with Crippen molar-refractivity contribution in [3.05, 3.63) is 24.0 Å². The lowest BCUT2D eigenvalue weighted by molar-refractivity contribution is 0.620. The molecule has 0 spiro atoms. The monoisotopic (exact) mass is 148 g/mol. The van der Waals surface area contributed by atoms with E-state index in [-0.39, 0.29) is 5.41 Å². The van der Waals surface area contributed by atoms with E-state index < -0.39 is 0 Å². The average Bonchev–Trinajstić information content (AvgIpc) is 2.36. The van der Waals surface area contributed by atoms with E-state index in [0.29, 0.717) is 0 Å². The topological polar surface area (TPSA) is 28.7 Å². The molecule has 0 radical (unpaired) electrons. The molecule has 0 saturated heterocycles. The van der Waals surface area contributed by atoms with Gasteiger partial charge in [-0.05, 0) is 26.0 Å². The van der Waals surface area contributed by atoms with Gasteiger partial charge < -0.3 is 4.57 Å². The van der Waals surface area contributed by atoms with E-state index in [9.17, 15) is 0 Å². The van der Waals surface area contributed by atoms with Gasteiger partial charge in [-0.15, -0.1) is 0 Å². The molecule has 0 saturated carbocycles. The molecule has 1 heterocycles. The van der Waals surface area contributed by atoms with Crippen LogP contribution in [0.5, 0.6) is 0 Å². The van der Waals surface area contributed by atoms with Gasteiger partial charge in [-0.1, -0.05) is 0 Å². The lowest BCUT2D eigenvalue weighted by Crippen LogP contribution is -2.17. The molecule has 0 aliphatic heterocycles. The maximum Gasteiger partial charge on any atom is 0.0917 e. The first-order chi connectivity index (χ1) is 5.08. The van der Waals surface area contributed by atoms with Crippen molar-refractivity contribution < 1.29 is 0 Å². The van der Waals surface area contributed by atoms with E-state index >= 15 is 0 Å². The molecule has 0 aliphatic carbocycles. The van der Waals surface area contributed by atoms with Crippen LogP contribution >= 0.6 is 0 Å². The van der Waals surface area contributed by atoms with Crippen LogP contribution in [-0.2, 0) is 12.5 Å². The third-order valence-corrected chi connectivity index (χ3v) is 1.86. The molecule has 11 heavy (non-hydrogen) atoms. The Bertz CT molecular complexity index is 289. The lowest BCUT2D eigenvalue weighted by Gasteiger charge is -2.15. The second-order valence-electron chi connectivity index (χ2n) is 3.24. The fraction of sp³-hybridized carbons (Fsp3) is 0.444. The summed E-state index contributed by atoms with van der Waals surface area (Å²) in [5.74, 6) is 0. The first kappa shape index (κ1) is 7.87. The molecule has 0 bridgehead atoms. The molecular formula is C9H12N2. The third kappa shape index (κ3) is 1.27. The Labute approximate surface area is 67.1 Å². The molecule has 0 aromatic carbocycles. The van der Waals surface area contributed by atoms with Crippen LogP contribution in [0.2, 0.25) is 0 Å². The average molecular weight is 148 g/mol. The van der Waals surface area contributed by atoms with Crippen molar-refractivity contribution >= 4 is 0 Å². The van der Waals surface area contributed by atoms with Crippen LogP contribution in [0, 0.1) is 11.3 Å². The minimum Gasteiger partial charge on any atom is -0.353 e. The molecule has 1 aromatic rings. The lowest BCUT2D eigenvalue weighted by atomic mass is 9.91. The molecule has 0 amide bonds. The van der Waals surface area contributed by atoms with Gasteiger partial charge in [0, 0.05) is 18.9 Å². The summed E-state index contributed by atoms with van der Waals surface area (Å²) in [7, 11) is 1.95. The number of hydrogen-bond acceptors (Lipinski definition) is 1. The highest BCUT2D eigenvalue weighted by Gasteiger charge is 2.21. The number of nitrogens with zero attached hydrogens (tertiary/aromatic N) is 2. The summed E-state index contributed by atoms with van der Waals surface area (Å²) in [6.07, 6.45) is 1.95. The van der Waals surface area contributed by atoms with Crippen molar-refractivity contribution in [2.75, 3.05) is 0 Å². The van der Waals surface area contributed by atoms with E-state index in [1.807, 2.05) is 43.8 Å². The van der Waals surface area contributed by atoms with E-state index in [0.717, 1.165) is 5.69 Å². The summed E-state index contributed by atoms with van der Waals surface area (Å²) in [6, 6.07) is 6.19. The predicted octanol–water partition coefficient (Wildman–Crippen LogP) is 1.83. The van der Waals surface area contributed by atoms with Crippen LogP contribution in [-0.4, -0.2) is 4.57 Å². The predicted molar refractivity (Wildman–Crippen MR) is 44.1 cm³/mol. The molecule has 0 aliphatic rings. The minimum atomic E-state index is -0.377. The van der Waals surface area contributed by atoms with Crippen molar-refractivity contribution in [2.45, 2.75) is 19.3 Å². The van der Waals surface area contributed by atoms with Crippen LogP contribution < -0.4 is 0 Å². The summed E-state index contributed by atoms with van der Waals surface area (Å²) in [6.45, 7) is 3.84. The summed E-state index contributed by atoms with van der Waals surface area (Å²) in [5.41, 5.74) is 0.679. The van der Waals surface area contributed by atoms with Gasteiger partial charge in [-0.2, -0.15) is 5.26 Å². The molecule has 0 unspecified atom stereocenters. The molecule has 0 N–H and O–H groups in total. The molecular weight excluding hydrogens is 136 g/mol. The minimum absolute atomic E-state index is 0.377. The van der Waals surface area contributed by atoms with Gasteiger partial charge in [0.1, 0.15) is 0 Å². The number of aromatic nitrogens is 1. The largest absolute Gasteiger partial charge is 0.353 e. The third-order valence-electron chi connectivity index (χ3n) is 1.86. The quantitative estimate of drug-likeness (QED) is 0.597. The maximum atomic E-state index is 8.83. The van der Waals surface area contributed by atoms with E-state index in [4.69, 9.17) is 5.26 Å². The highest BCUT2D eigenvalue weighted by atomic mass is 14.9. The Morgan fingerprint density at radius 3 is 2.55 bits per heavy atom. The van der Waals surface area contributed by atoms with E-state index in [1.54, 1.807) is 0 Å². The molecule has 0 fully saturated rings. The zero-order chi connectivity index (χ0) is 8.48. The van der Waals surface area contributed by atoms with Crippen LogP contribution in [0.15, 0.2) is 18.3 Å². The number of hydrogen-bond donors (Lipinski definition) is 0. The zero-order valence-electron chi connectivity index (χ0n) is 7.13. The van der Waals surface area contributed by atoms with Crippen LogP contribution in [0.25, 0.3) is 0 Å². The van der Waals surface area contributed by atoms with Gasteiger partial charge in [-0.3, -0.25) is 0 Å². The van der Waals surface area contributed by atoms with Gasteiger partial charge >= 0.3 is 0 Å². The number of nitriles is 1. The second-order valence-corrected chi connectivity index (χ2v) is 3.24. The van der Waals surface area contributed by atoms with E-state index in [1.165, 1.54) is 0 Å². The molecule has 1 aromatic heterocycles. The molecule has 58 valence electrons. The summed E-state index contributed by atoms with van der Waals surface area (Å²) in [5, 5.41) is 8.83. The van der Waals surface area contributed by atoms with Crippen LogP contribution in [0.4, 0.5) is 0 Å². The molecule has 2 nitrogen and oxygen atoms in total. The summed E-state index contributed by atoms with van der Waals surface area (Å²) >= 11 is 0. The van der Waals surface area contributed by atoms with Gasteiger partial charge in [0.2, 0.25) is 0 Å². The SMILES string of the molecule is Cn1cccc1C(C)(C)C#N. The highest BCUT2D eigenvalue weighted by molar-refractivity contribution is 5.24. The first-order valence-corrected chi connectivity index (χ1v) is 3.61. The molecule has 1 rings (SSSR count). The Morgan fingerprint density at radius 2 is 2.18 bits per heavy atom. The Balaban J connectivity index is 3.13. The molecule has 0 atom stereocenters. The zero-order valence-corrected chi connectivity index (χ0v) is 7.13. The smallest absolute Gasteiger partial charge is 0.0917 e. The van der Waals surface area contributed by atoms with Crippen molar-refractivity contribution in [2.24, 2.45) is 7.05 Å². The Kier molecular flexibility index (Phi) is 1.74. The van der Waals surface area contributed by atoms with Crippen molar-refractivity contribution in [3.63, 3.8) is 0 Å². The summed E-state index contributed by atoms with van der Waals surface area (Å²) < 4.78 is 1.98. The maximum absolute atomic E-state index is 8.83. The van der Waals surface area contributed by atoms with Crippen molar-refractivity contribution in [1.29, 1.82) is 5.26 Å². The van der Waals surface area contributed by atoms with Crippen LogP contribution in [0.1, 0.15) is 19.5 Å². The highest BCUT2D eigenvalue weighted by Crippen LogP contribution is 2.21. The Morgan fingerprint density at radius 1 is 1.55 bits per heavy atom. The van der Waals surface area contributed by atoms with Crippen molar-refractivity contribution in [3.8, 4) is 6.07 Å². The van der Waals surface area contributed by atoms with Crippen LogP contribution in [0.3, 0.4) is 0 Å².